The van der Waals surface area contributed by atoms with Crippen molar-refractivity contribution in [2.45, 2.75) is 43.0 Å². The Labute approximate surface area is 194 Å². The topological polar surface area (TPSA) is 28.7 Å². The Bertz CT molecular complexity index is 1270. The number of aromatic nitrogens is 2. The molecule has 0 bridgehead atoms. The van der Waals surface area contributed by atoms with Crippen molar-refractivity contribution in [2.24, 2.45) is 0 Å². The van der Waals surface area contributed by atoms with Gasteiger partial charge in [-0.15, -0.1) is 11.8 Å². The molecule has 0 aliphatic rings. The first kappa shape index (κ1) is 22.7. The zero-order chi connectivity index (χ0) is 23.1. The minimum Gasteiger partial charge on any atom is -0.338 e. The van der Waals surface area contributed by atoms with Crippen molar-refractivity contribution in [1.82, 2.24) is 9.97 Å². The van der Waals surface area contributed by atoms with Gasteiger partial charge in [0.15, 0.2) is 0 Å². The SMILES string of the molecule is CC(C)(C)c1ccc2nc(-c3ccc(Cl)c(SCc4ccccc4C(F)(F)F)c3)[nH]c2c1. The second-order valence-corrected chi connectivity index (χ2v) is 10.1. The normalized spacial score (nSPS) is 12.5. The van der Waals surface area contributed by atoms with Crippen molar-refractivity contribution < 1.29 is 13.2 Å². The highest BCUT2D eigenvalue weighted by molar-refractivity contribution is 7.98. The van der Waals surface area contributed by atoms with Crippen molar-refractivity contribution in [3.63, 3.8) is 0 Å². The number of nitrogens with one attached hydrogen (secondary N) is 1. The molecule has 0 radical (unpaired) electrons. The number of benzene rings is 3. The van der Waals surface area contributed by atoms with Gasteiger partial charge in [0.25, 0.3) is 0 Å². The van der Waals surface area contributed by atoms with Gasteiger partial charge in [0.2, 0.25) is 0 Å². The minimum atomic E-state index is -4.39. The third-order valence-corrected chi connectivity index (χ3v) is 6.80. The predicted molar refractivity (Wildman–Crippen MR) is 126 cm³/mol. The molecule has 0 spiro atoms. The summed E-state index contributed by atoms with van der Waals surface area (Å²) >= 11 is 7.63. The van der Waals surface area contributed by atoms with E-state index in [-0.39, 0.29) is 16.7 Å². The van der Waals surface area contributed by atoms with E-state index in [1.54, 1.807) is 12.1 Å². The first-order chi connectivity index (χ1) is 15.0. The Hall–Kier alpha value is -2.44. The number of alkyl halides is 3. The van der Waals surface area contributed by atoms with Gasteiger partial charge in [-0.2, -0.15) is 13.2 Å². The van der Waals surface area contributed by atoms with Crippen molar-refractivity contribution >= 4 is 34.4 Å². The van der Waals surface area contributed by atoms with E-state index in [1.165, 1.54) is 29.5 Å². The second-order valence-electron chi connectivity index (χ2n) is 8.66. The molecule has 0 saturated heterocycles. The summed E-state index contributed by atoms with van der Waals surface area (Å²) in [5.74, 6) is 0.855. The lowest BCUT2D eigenvalue weighted by atomic mass is 9.87. The van der Waals surface area contributed by atoms with E-state index < -0.39 is 11.7 Å². The molecule has 0 aliphatic carbocycles. The van der Waals surface area contributed by atoms with E-state index in [0.717, 1.165) is 22.7 Å². The van der Waals surface area contributed by atoms with Crippen LogP contribution in [-0.4, -0.2) is 9.97 Å². The zero-order valence-electron chi connectivity index (χ0n) is 17.8. The van der Waals surface area contributed by atoms with Crippen LogP contribution in [0.3, 0.4) is 0 Å². The predicted octanol–water partition coefficient (Wildman–Crippen LogP) is 8.49. The number of hydrogen-bond acceptors (Lipinski definition) is 2. The van der Waals surface area contributed by atoms with Crippen molar-refractivity contribution in [3.8, 4) is 11.4 Å². The Kier molecular flexibility index (Phi) is 6.03. The minimum absolute atomic E-state index is 0.0241. The van der Waals surface area contributed by atoms with Crippen LogP contribution in [0.2, 0.25) is 5.02 Å². The van der Waals surface area contributed by atoms with Crippen LogP contribution in [0, 0.1) is 0 Å². The number of halogens is 4. The average Bonchev–Trinajstić information content (AvgIpc) is 3.15. The second kappa shape index (κ2) is 8.49. The molecule has 0 unspecified atom stereocenters. The fraction of sp³-hybridized carbons (Fsp3) is 0.240. The molecule has 7 heteroatoms. The Morgan fingerprint density at radius 3 is 2.44 bits per heavy atom. The number of rotatable bonds is 4. The number of imidazole rings is 1. The summed E-state index contributed by atoms with van der Waals surface area (Å²) in [6.07, 6.45) is -4.39. The third-order valence-electron chi connectivity index (χ3n) is 5.26. The Balaban J connectivity index is 1.63. The summed E-state index contributed by atoms with van der Waals surface area (Å²) in [4.78, 5) is 8.75. The number of nitrogens with zero attached hydrogens (tertiary/aromatic N) is 1. The van der Waals surface area contributed by atoms with Crippen LogP contribution in [0.25, 0.3) is 22.4 Å². The molecule has 0 aliphatic heterocycles. The van der Waals surface area contributed by atoms with Crippen LogP contribution in [0.15, 0.2) is 65.6 Å². The molecular weight excluding hydrogens is 453 g/mol. The number of fused-ring (bicyclic) bond motifs is 1. The summed E-state index contributed by atoms with van der Waals surface area (Å²) in [5.41, 5.74) is 3.46. The zero-order valence-corrected chi connectivity index (χ0v) is 19.4. The third kappa shape index (κ3) is 4.81. The highest BCUT2D eigenvalue weighted by atomic mass is 35.5. The molecule has 4 aromatic rings. The fourth-order valence-electron chi connectivity index (χ4n) is 3.45. The molecule has 4 rings (SSSR count). The van der Waals surface area contributed by atoms with E-state index in [4.69, 9.17) is 11.6 Å². The van der Waals surface area contributed by atoms with Crippen molar-refractivity contribution in [2.75, 3.05) is 0 Å². The fourth-order valence-corrected chi connectivity index (χ4v) is 4.71. The van der Waals surface area contributed by atoms with Gasteiger partial charge in [0.1, 0.15) is 5.82 Å². The van der Waals surface area contributed by atoms with Gasteiger partial charge < -0.3 is 4.98 Å². The molecule has 0 amide bonds. The lowest BCUT2D eigenvalue weighted by Crippen LogP contribution is -2.10. The van der Waals surface area contributed by atoms with Crippen LogP contribution in [0.1, 0.15) is 37.5 Å². The quantitative estimate of drug-likeness (QED) is 0.300. The highest BCUT2D eigenvalue weighted by Crippen LogP contribution is 2.38. The molecule has 32 heavy (non-hydrogen) atoms. The molecular formula is C25H22ClF3N2S. The molecule has 1 aromatic heterocycles. The van der Waals surface area contributed by atoms with E-state index >= 15 is 0 Å². The summed E-state index contributed by atoms with van der Waals surface area (Å²) in [6, 6.07) is 17.3. The maximum atomic E-state index is 13.3. The van der Waals surface area contributed by atoms with E-state index in [9.17, 15) is 13.2 Å². The standard InChI is InChI=1S/C25H22ClF3N2S/c1-24(2,3)17-9-11-20-21(13-17)31-23(30-20)15-8-10-19(26)22(12-15)32-14-16-6-4-5-7-18(16)25(27,28)29/h4-13H,14H2,1-3H3,(H,30,31). The van der Waals surface area contributed by atoms with Gasteiger partial charge in [0, 0.05) is 16.2 Å². The van der Waals surface area contributed by atoms with Gasteiger partial charge in [0.05, 0.1) is 21.6 Å². The van der Waals surface area contributed by atoms with Crippen LogP contribution >= 0.6 is 23.4 Å². The van der Waals surface area contributed by atoms with Crippen LogP contribution in [0.5, 0.6) is 0 Å². The summed E-state index contributed by atoms with van der Waals surface area (Å²) in [5, 5.41) is 0.495. The number of hydrogen-bond donors (Lipinski definition) is 1. The molecule has 0 fully saturated rings. The summed E-state index contributed by atoms with van der Waals surface area (Å²) in [7, 11) is 0. The molecule has 166 valence electrons. The average molecular weight is 475 g/mol. The molecule has 1 N–H and O–H groups in total. The molecule has 1 heterocycles. The summed E-state index contributed by atoms with van der Waals surface area (Å²) in [6.45, 7) is 6.47. The Morgan fingerprint density at radius 1 is 0.969 bits per heavy atom. The number of H-pyrrole nitrogens is 1. The summed E-state index contributed by atoms with van der Waals surface area (Å²) < 4.78 is 39.9. The lowest BCUT2D eigenvalue weighted by molar-refractivity contribution is -0.138. The smallest absolute Gasteiger partial charge is 0.338 e. The van der Waals surface area contributed by atoms with Crippen molar-refractivity contribution in [3.05, 3.63) is 82.4 Å². The molecule has 0 atom stereocenters. The molecule has 0 saturated carbocycles. The van der Waals surface area contributed by atoms with Gasteiger partial charge in [-0.05, 0) is 52.9 Å². The van der Waals surface area contributed by atoms with Crippen LogP contribution in [-0.2, 0) is 17.3 Å². The molecule has 2 nitrogen and oxygen atoms in total. The van der Waals surface area contributed by atoms with Gasteiger partial charge in [-0.1, -0.05) is 56.6 Å². The van der Waals surface area contributed by atoms with E-state index in [1.807, 2.05) is 18.2 Å². The highest BCUT2D eigenvalue weighted by Gasteiger charge is 2.32. The number of aromatic amines is 1. The van der Waals surface area contributed by atoms with Gasteiger partial charge in [-0.25, -0.2) is 4.98 Å². The van der Waals surface area contributed by atoms with Gasteiger partial charge in [-0.3, -0.25) is 0 Å². The van der Waals surface area contributed by atoms with Crippen LogP contribution in [0.4, 0.5) is 13.2 Å². The van der Waals surface area contributed by atoms with Crippen LogP contribution < -0.4 is 0 Å². The molecule has 3 aromatic carbocycles. The van der Waals surface area contributed by atoms with Crippen molar-refractivity contribution in [1.29, 1.82) is 0 Å². The van der Waals surface area contributed by atoms with E-state index in [2.05, 4.69) is 42.9 Å². The Morgan fingerprint density at radius 2 is 1.72 bits per heavy atom. The van der Waals surface area contributed by atoms with E-state index in [0.29, 0.717) is 15.7 Å². The maximum Gasteiger partial charge on any atom is 0.416 e. The first-order valence-electron chi connectivity index (χ1n) is 10.1. The largest absolute Gasteiger partial charge is 0.416 e. The number of thioether (sulfide) groups is 1. The lowest BCUT2D eigenvalue weighted by Gasteiger charge is -2.18. The van der Waals surface area contributed by atoms with Gasteiger partial charge >= 0.3 is 6.18 Å². The maximum absolute atomic E-state index is 13.3. The first-order valence-corrected chi connectivity index (χ1v) is 11.5. The monoisotopic (exact) mass is 474 g/mol.